The molecule has 38 heavy (non-hydrogen) atoms. The predicted molar refractivity (Wildman–Crippen MR) is 137 cm³/mol. The summed E-state index contributed by atoms with van der Waals surface area (Å²) in [7, 11) is 0. The van der Waals surface area contributed by atoms with E-state index in [2.05, 4.69) is 4.98 Å². The number of aromatic nitrogens is 1. The molecule has 1 heterocycles. The summed E-state index contributed by atoms with van der Waals surface area (Å²) in [5.41, 5.74) is -5.23. The van der Waals surface area contributed by atoms with Crippen molar-refractivity contribution in [2.45, 2.75) is 70.5 Å². The fourth-order valence-corrected chi connectivity index (χ4v) is 9.53. The van der Waals surface area contributed by atoms with Crippen molar-refractivity contribution >= 4 is 40.0 Å². The van der Waals surface area contributed by atoms with Gasteiger partial charge in [-0.2, -0.15) is 0 Å². The number of thioether (sulfide) groups is 1. The van der Waals surface area contributed by atoms with Crippen molar-refractivity contribution in [2.24, 2.45) is 28.6 Å². The van der Waals surface area contributed by atoms with Crippen LogP contribution in [-0.2, 0) is 14.3 Å². The number of hydrogen-bond donors (Lipinski definition) is 1. The molecule has 11 heteroatoms. The molecule has 0 aromatic carbocycles. The van der Waals surface area contributed by atoms with Crippen molar-refractivity contribution in [3.05, 3.63) is 39.9 Å². The SMILES string of the molecule is Cc1ncsc1C(=O)O[C@]1(C(=O)SCF)[C@H](C)C[C@H]2[C@@H]3C[C@H](F)C4=CC(=O)C=C[C@]4(C)C3(F)[C@@H](O)C[C@@]21C. The number of fused-ring (bicyclic) bond motifs is 5. The van der Waals surface area contributed by atoms with Crippen molar-refractivity contribution in [3.63, 3.8) is 0 Å². The molecule has 0 bridgehead atoms. The highest BCUT2D eigenvalue weighted by Gasteiger charge is 2.78. The van der Waals surface area contributed by atoms with Crippen LogP contribution in [0.2, 0.25) is 0 Å². The molecule has 6 nitrogen and oxygen atoms in total. The molecule has 1 N–H and O–H groups in total. The number of halogens is 3. The van der Waals surface area contributed by atoms with E-state index in [1.165, 1.54) is 24.6 Å². The minimum atomic E-state index is -2.34. The van der Waals surface area contributed by atoms with Gasteiger partial charge in [0, 0.05) is 22.7 Å². The van der Waals surface area contributed by atoms with E-state index in [-0.39, 0.29) is 29.7 Å². The van der Waals surface area contributed by atoms with E-state index in [0.29, 0.717) is 17.5 Å². The van der Waals surface area contributed by atoms with Gasteiger partial charge in [-0.3, -0.25) is 9.59 Å². The molecule has 0 spiro atoms. The summed E-state index contributed by atoms with van der Waals surface area (Å²) in [4.78, 5) is 43.3. The molecule has 4 aliphatic rings. The minimum Gasteiger partial charge on any atom is -0.445 e. The van der Waals surface area contributed by atoms with Crippen LogP contribution in [0.1, 0.15) is 55.4 Å². The molecule has 9 atom stereocenters. The van der Waals surface area contributed by atoms with E-state index in [0.717, 1.165) is 17.4 Å². The molecule has 0 aliphatic heterocycles. The summed E-state index contributed by atoms with van der Waals surface area (Å²) in [5.74, 6) is -3.63. The molecular formula is C27H30F3NO5S2. The number of hydrogen-bond acceptors (Lipinski definition) is 8. The highest BCUT2D eigenvalue weighted by Crippen LogP contribution is 2.72. The number of thiazole rings is 1. The van der Waals surface area contributed by atoms with Gasteiger partial charge in [0.15, 0.2) is 17.1 Å². The van der Waals surface area contributed by atoms with E-state index < -0.39 is 75.0 Å². The Bertz CT molecular complexity index is 1270. The van der Waals surface area contributed by atoms with Gasteiger partial charge in [-0.25, -0.2) is 22.9 Å². The maximum Gasteiger partial charge on any atom is 0.351 e. The number of esters is 1. The highest BCUT2D eigenvalue weighted by atomic mass is 32.2. The van der Waals surface area contributed by atoms with E-state index in [4.69, 9.17) is 4.74 Å². The van der Waals surface area contributed by atoms with Crippen LogP contribution in [0.15, 0.2) is 29.3 Å². The fourth-order valence-electron chi connectivity index (χ4n) is 8.06. The second-order valence-corrected chi connectivity index (χ2v) is 13.2. The third-order valence-corrected chi connectivity index (χ3v) is 11.4. The van der Waals surface area contributed by atoms with Gasteiger partial charge in [-0.05, 0) is 68.5 Å². The standard InChI is InChI=1S/C27H30F3NO5S2/c1-13-7-16-17-9-19(29)18-8-15(32)5-6-24(18,3)26(17,30)20(33)10-25(16,4)27(13,23(35)37-11-28)36-22(34)21-14(2)31-12-38-21/h5-6,8,12-13,16-17,19-20,33H,7,9-11H2,1-4H3/t13-,16+,17+,19+,20+,24+,25+,26?,27+/m1/s1. The first-order valence-corrected chi connectivity index (χ1v) is 14.5. The summed E-state index contributed by atoms with van der Waals surface area (Å²) in [6.07, 6.45) is -0.0246. The quantitative estimate of drug-likeness (QED) is 0.505. The molecule has 1 aromatic rings. The van der Waals surface area contributed by atoms with Crippen molar-refractivity contribution in [1.82, 2.24) is 4.98 Å². The first-order chi connectivity index (χ1) is 17.8. The van der Waals surface area contributed by atoms with E-state index in [9.17, 15) is 23.9 Å². The lowest BCUT2D eigenvalue weighted by molar-refractivity contribution is -0.221. The topological polar surface area (TPSA) is 93.6 Å². The monoisotopic (exact) mass is 569 g/mol. The van der Waals surface area contributed by atoms with Gasteiger partial charge in [-0.1, -0.05) is 19.9 Å². The van der Waals surface area contributed by atoms with Crippen LogP contribution in [0, 0.1) is 35.5 Å². The van der Waals surface area contributed by atoms with E-state index in [1.54, 1.807) is 20.8 Å². The summed E-state index contributed by atoms with van der Waals surface area (Å²) in [6.45, 7) is 6.48. The van der Waals surface area contributed by atoms with Gasteiger partial charge in [0.1, 0.15) is 17.1 Å². The first-order valence-electron chi connectivity index (χ1n) is 12.6. The predicted octanol–water partition coefficient (Wildman–Crippen LogP) is 5.10. The number of aryl methyl sites for hydroxylation is 1. The molecule has 3 fully saturated rings. The zero-order valence-corrected chi connectivity index (χ0v) is 23.1. The molecule has 1 unspecified atom stereocenters. The summed E-state index contributed by atoms with van der Waals surface area (Å²) >= 11 is 1.42. The zero-order chi connectivity index (χ0) is 27.8. The van der Waals surface area contributed by atoms with Gasteiger partial charge in [0.25, 0.3) is 0 Å². The number of aliphatic hydroxyl groups is 1. The molecule has 0 radical (unpaired) electrons. The molecule has 4 aliphatic carbocycles. The Labute approximate surface area is 227 Å². The van der Waals surface area contributed by atoms with E-state index >= 15 is 8.78 Å². The summed E-state index contributed by atoms with van der Waals surface area (Å²) in [5, 5.41) is 10.8. The number of ketones is 1. The van der Waals surface area contributed by atoms with Crippen molar-refractivity contribution < 1.29 is 37.4 Å². The van der Waals surface area contributed by atoms with Crippen LogP contribution < -0.4 is 0 Å². The molecule has 0 amide bonds. The minimum absolute atomic E-state index is 0.000119. The maximum atomic E-state index is 17.4. The van der Waals surface area contributed by atoms with Crippen LogP contribution in [0.25, 0.3) is 0 Å². The molecule has 0 saturated heterocycles. The average molecular weight is 570 g/mol. The summed E-state index contributed by atoms with van der Waals surface area (Å²) < 4.78 is 52.7. The number of nitrogens with zero attached hydrogens (tertiary/aromatic N) is 1. The number of rotatable bonds is 4. The van der Waals surface area contributed by atoms with Crippen molar-refractivity contribution in [2.75, 3.05) is 6.01 Å². The van der Waals surface area contributed by atoms with Gasteiger partial charge >= 0.3 is 5.97 Å². The van der Waals surface area contributed by atoms with Gasteiger partial charge in [0.05, 0.1) is 17.3 Å². The zero-order valence-electron chi connectivity index (χ0n) is 21.5. The number of allylic oxidation sites excluding steroid dienone is 4. The van der Waals surface area contributed by atoms with Crippen LogP contribution >= 0.6 is 23.1 Å². The number of carbonyl (C=O) groups is 3. The number of ether oxygens (including phenoxy) is 1. The second-order valence-electron chi connectivity index (χ2n) is 11.4. The molecular weight excluding hydrogens is 539 g/mol. The molecule has 1 aromatic heterocycles. The Morgan fingerprint density at radius 3 is 2.63 bits per heavy atom. The Hall–Kier alpha value is -1.98. The Morgan fingerprint density at radius 1 is 1.29 bits per heavy atom. The average Bonchev–Trinajstić information content (AvgIpc) is 3.37. The normalized spacial score (nSPS) is 43.6. The second kappa shape index (κ2) is 9.02. The lowest BCUT2D eigenvalue weighted by Crippen LogP contribution is -2.70. The Kier molecular flexibility index (Phi) is 6.55. The first kappa shape index (κ1) is 27.6. The number of aliphatic hydroxyl groups excluding tert-OH is 1. The van der Waals surface area contributed by atoms with Crippen LogP contribution in [-0.4, -0.2) is 56.5 Å². The molecule has 3 saturated carbocycles. The lowest BCUT2D eigenvalue weighted by atomic mass is 9.44. The van der Waals surface area contributed by atoms with Crippen LogP contribution in [0.3, 0.4) is 0 Å². The fraction of sp³-hybridized carbons (Fsp3) is 0.630. The molecule has 206 valence electrons. The summed E-state index contributed by atoms with van der Waals surface area (Å²) in [6, 6.07) is -1.05. The van der Waals surface area contributed by atoms with Crippen LogP contribution in [0.5, 0.6) is 0 Å². The Morgan fingerprint density at radius 2 is 2.00 bits per heavy atom. The third kappa shape index (κ3) is 3.36. The largest absolute Gasteiger partial charge is 0.445 e. The smallest absolute Gasteiger partial charge is 0.351 e. The van der Waals surface area contributed by atoms with Gasteiger partial charge in [-0.15, -0.1) is 11.3 Å². The third-order valence-electron chi connectivity index (χ3n) is 9.84. The van der Waals surface area contributed by atoms with Crippen molar-refractivity contribution in [1.29, 1.82) is 0 Å². The maximum absolute atomic E-state index is 17.4. The van der Waals surface area contributed by atoms with Gasteiger partial charge < -0.3 is 9.84 Å². The highest BCUT2D eigenvalue weighted by molar-refractivity contribution is 8.13. The number of alkyl halides is 3. The Balaban J connectivity index is 1.64. The van der Waals surface area contributed by atoms with Crippen molar-refractivity contribution in [3.8, 4) is 0 Å². The van der Waals surface area contributed by atoms with E-state index in [1.807, 2.05) is 0 Å². The lowest BCUT2D eigenvalue weighted by Gasteiger charge is -2.63. The molecule has 5 rings (SSSR count). The van der Waals surface area contributed by atoms with Gasteiger partial charge in [0.2, 0.25) is 5.12 Å². The number of carbonyl (C=O) groups excluding carboxylic acids is 3. The van der Waals surface area contributed by atoms with Crippen LogP contribution in [0.4, 0.5) is 13.2 Å².